The molecule has 12 nitrogen and oxygen atoms in total. The van der Waals surface area contributed by atoms with Gasteiger partial charge in [-0.3, -0.25) is 14.7 Å². The van der Waals surface area contributed by atoms with Crippen molar-refractivity contribution in [2.24, 2.45) is 10.9 Å². The fourth-order valence-electron chi connectivity index (χ4n) is 8.75. The lowest BCUT2D eigenvalue weighted by Crippen LogP contribution is -2.48. The van der Waals surface area contributed by atoms with Crippen molar-refractivity contribution in [3.63, 3.8) is 0 Å². The van der Waals surface area contributed by atoms with Crippen LogP contribution in [0.3, 0.4) is 0 Å². The van der Waals surface area contributed by atoms with Crippen molar-refractivity contribution < 1.29 is 19.1 Å². The van der Waals surface area contributed by atoms with Gasteiger partial charge in [0.15, 0.2) is 0 Å². The van der Waals surface area contributed by atoms with E-state index >= 15 is 0 Å². The van der Waals surface area contributed by atoms with E-state index in [0.29, 0.717) is 36.4 Å². The van der Waals surface area contributed by atoms with Gasteiger partial charge in [0.2, 0.25) is 5.91 Å². The maximum absolute atomic E-state index is 12.8. The van der Waals surface area contributed by atoms with Gasteiger partial charge in [-0.25, -0.2) is 9.78 Å². The zero-order chi connectivity index (χ0) is 43.9. The van der Waals surface area contributed by atoms with E-state index in [1.165, 1.54) is 61.5 Å². The number of amides is 2. The predicted molar refractivity (Wildman–Crippen MR) is 248 cm³/mol. The summed E-state index contributed by atoms with van der Waals surface area (Å²) >= 11 is 1.68. The Morgan fingerprint density at radius 3 is 2.37 bits per heavy atom. The van der Waals surface area contributed by atoms with Crippen LogP contribution < -0.4 is 16.0 Å². The lowest BCUT2D eigenvalue weighted by molar-refractivity contribution is -0.130. The molecule has 3 fully saturated rings. The number of ether oxygens (including phenoxy) is 1. The zero-order valence-electron chi connectivity index (χ0n) is 37.9. The van der Waals surface area contributed by atoms with Crippen LogP contribution in [-0.2, 0) is 14.3 Å². The number of H-pyrrole nitrogens is 1. The number of hydrogen-bond donors (Lipinski definition) is 4. The Kier molecular flexibility index (Phi) is 19.1. The molecule has 4 N–H and O–H groups in total. The van der Waals surface area contributed by atoms with Crippen LogP contribution in [0.5, 0.6) is 0 Å². The maximum Gasteiger partial charge on any atom is 0.407 e. The zero-order valence-corrected chi connectivity index (χ0v) is 38.7. The molecular weight excluding hydrogens is 773 g/mol. The minimum absolute atomic E-state index is 0.0139. The number of allylic oxidation sites excluding steroid dienone is 2. The summed E-state index contributed by atoms with van der Waals surface area (Å²) in [5.74, 6) is 3.21. The Balaban J connectivity index is 0.000000531. The van der Waals surface area contributed by atoms with Crippen LogP contribution in [0.2, 0.25) is 0 Å². The first-order valence-electron chi connectivity index (χ1n) is 22.0. The van der Waals surface area contributed by atoms with Gasteiger partial charge in [-0.2, -0.15) is 0 Å². The summed E-state index contributed by atoms with van der Waals surface area (Å²) in [4.78, 5) is 54.0. The van der Waals surface area contributed by atoms with Gasteiger partial charge < -0.3 is 35.4 Å². The SMILES string of the molecule is C=C(SC(=C\C)/C=C/NC(=NC)[C@@H]1CCCN1C(=O)CNC(=O)OC)c1ccc(-c2cnc(C3CCCN3C)[nH]2)c2c1C1CCC2C1.CC(C)NC(C=O)C(C)C.CCC. The quantitative estimate of drug-likeness (QED) is 0.0635. The summed E-state index contributed by atoms with van der Waals surface area (Å²) in [6, 6.07) is 5.15. The van der Waals surface area contributed by atoms with Crippen molar-refractivity contribution in [1.29, 1.82) is 0 Å². The van der Waals surface area contributed by atoms with Gasteiger partial charge in [0.1, 0.15) is 24.5 Å². The number of carbonyl (C=O) groups excluding carboxylic acids is 3. The normalized spacial score (nSPS) is 21.7. The Morgan fingerprint density at radius 1 is 1.08 bits per heavy atom. The first kappa shape index (κ1) is 48.5. The fourth-order valence-corrected chi connectivity index (χ4v) is 9.58. The summed E-state index contributed by atoms with van der Waals surface area (Å²) in [5.41, 5.74) is 6.67. The van der Waals surface area contributed by atoms with E-state index in [-0.39, 0.29) is 24.5 Å². The number of fused-ring (bicyclic) bond motifs is 5. The van der Waals surface area contributed by atoms with E-state index in [1.54, 1.807) is 23.7 Å². The molecule has 2 saturated heterocycles. The van der Waals surface area contributed by atoms with Crippen molar-refractivity contribution in [3.8, 4) is 11.3 Å². The van der Waals surface area contributed by atoms with Crippen LogP contribution in [0, 0.1) is 5.92 Å². The molecule has 2 bridgehead atoms. The van der Waals surface area contributed by atoms with Gasteiger partial charge in [-0.1, -0.05) is 84.5 Å². The highest BCUT2D eigenvalue weighted by atomic mass is 32.2. The van der Waals surface area contributed by atoms with E-state index in [4.69, 9.17) is 4.98 Å². The van der Waals surface area contributed by atoms with Crippen molar-refractivity contribution >= 4 is 40.8 Å². The average molecular weight is 845 g/mol. The molecular formula is C47H72N8O4S. The molecule has 1 aromatic heterocycles. The number of likely N-dealkylation sites (tertiary alicyclic amines) is 2. The molecule has 13 heteroatoms. The molecule has 6 rings (SSSR count). The number of carbonyl (C=O) groups is 3. The monoisotopic (exact) mass is 845 g/mol. The summed E-state index contributed by atoms with van der Waals surface area (Å²) < 4.78 is 4.59. The molecule has 0 radical (unpaired) electrons. The number of benzene rings is 1. The molecule has 330 valence electrons. The third-order valence-corrected chi connectivity index (χ3v) is 12.7. The van der Waals surface area contributed by atoms with Gasteiger partial charge in [0.25, 0.3) is 0 Å². The summed E-state index contributed by atoms with van der Waals surface area (Å²) in [6.07, 6.45) is 17.4. The minimum atomic E-state index is -0.620. The molecule has 5 atom stereocenters. The number of aldehydes is 1. The highest BCUT2D eigenvalue weighted by molar-refractivity contribution is 8.11. The number of aromatic nitrogens is 2. The number of nitrogens with zero attached hydrogens (tertiary/aromatic N) is 4. The van der Waals surface area contributed by atoms with E-state index < -0.39 is 6.09 Å². The molecule has 2 aliphatic heterocycles. The Hall–Kier alpha value is -4.20. The molecule has 4 unspecified atom stereocenters. The number of aromatic amines is 1. The Bertz CT molecular complexity index is 1850. The molecule has 2 aliphatic carbocycles. The molecule has 4 aliphatic rings. The number of amidine groups is 1. The first-order chi connectivity index (χ1) is 28.8. The van der Waals surface area contributed by atoms with Crippen LogP contribution in [-0.4, -0.2) is 103 Å². The average Bonchev–Trinajstić information content (AvgIpc) is 4.10. The summed E-state index contributed by atoms with van der Waals surface area (Å²) in [6.45, 7) is 20.6. The van der Waals surface area contributed by atoms with Crippen LogP contribution in [0.25, 0.3) is 16.2 Å². The van der Waals surface area contributed by atoms with Crippen molar-refractivity contribution in [2.45, 2.75) is 136 Å². The van der Waals surface area contributed by atoms with Crippen LogP contribution in [0.1, 0.15) is 140 Å². The number of alkyl carbamates (subject to hydrolysis) is 1. The number of nitrogens with one attached hydrogen (secondary N) is 4. The van der Waals surface area contributed by atoms with E-state index in [0.717, 1.165) is 59.3 Å². The standard InChI is InChI=1S/C36H47N7O3S.C8H17NO.C3H8/c1-6-25(15-16-38-34(37-3)30-10-8-18-43(30)31(44)21-40-36(45)46-5)47-22(2)26-13-14-27(33-24-12-11-23(19-24)32(26)33)28-20-39-35(41-28)29-9-7-17-42(29)4;1-6(2)8(5-10)9-7(3)4;1-3-2/h6,13-16,20,23-24,29-30H,2,7-12,17-19,21H2,1,3-5H3,(H,37,38)(H,39,41)(H,40,45);5-9H,1-4H3;3H2,1-2H3/b16-15+,25-6-;;/t23?,24?,29?,30-;;/m0../s1. The highest BCUT2D eigenvalue weighted by Crippen LogP contribution is 2.58. The van der Waals surface area contributed by atoms with E-state index in [1.807, 2.05) is 53.1 Å². The third-order valence-electron chi connectivity index (χ3n) is 11.7. The topological polar surface area (TPSA) is 144 Å². The van der Waals surface area contributed by atoms with Gasteiger partial charge >= 0.3 is 6.09 Å². The van der Waals surface area contributed by atoms with E-state index in [2.05, 4.69) is 81.2 Å². The molecule has 0 spiro atoms. The molecule has 2 aromatic rings. The number of hydrogen-bond acceptors (Lipinski definition) is 9. The summed E-state index contributed by atoms with van der Waals surface area (Å²) in [7, 11) is 5.20. The fraction of sp³-hybridized carbons (Fsp3) is 0.596. The van der Waals surface area contributed by atoms with Crippen LogP contribution >= 0.6 is 11.8 Å². The minimum Gasteiger partial charge on any atom is -0.453 e. The van der Waals surface area contributed by atoms with Gasteiger partial charge in [0, 0.05) is 41.2 Å². The van der Waals surface area contributed by atoms with Gasteiger partial charge in [-0.15, -0.1) is 0 Å². The number of methoxy groups -OCH3 is 1. The van der Waals surface area contributed by atoms with Gasteiger partial charge in [-0.05, 0) is 106 Å². The summed E-state index contributed by atoms with van der Waals surface area (Å²) in [5, 5.41) is 8.97. The van der Waals surface area contributed by atoms with Crippen molar-refractivity contribution in [3.05, 3.63) is 70.7 Å². The largest absolute Gasteiger partial charge is 0.453 e. The second-order valence-corrected chi connectivity index (χ2v) is 18.0. The smallest absolute Gasteiger partial charge is 0.407 e. The number of thioether (sulfide) groups is 1. The number of aliphatic imine (C=N–C) groups is 1. The molecule has 2 amide bonds. The predicted octanol–water partition coefficient (Wildman–Crippen LogP) is 8.92. The first-order valence-corrected chi connectivity index (χ1v) is 22.8. The molecule has 60 heavy (non-hydrogen) atoms. The van der Waals surface area contributed by atoms with Crippen LogP contribution in [0.4, 0.5) is 4.79 Å². The van der Waals surface area contributed by atoms with Crippen molar-refractivity contribution in [2.75, 3.05) is 40.8 Å². The third kappa shape index (κ3) is 12.4. The van der Waals surface area contributed by atoms with Crippen LogP contribution in [0.15, 0.2) is 53.2 Å². The second kappa shape index (κ2) is 23.7. The lowest BCUT2D eigenvalue weighted by atomic mass is 9.84. The Morgan fingerprint density at radius 2 is 1.78 bits per heavy atom. The maximum atomic E-state index is 12.8. The van der Waals surface area contributed by atoms with Crippen molar-refractivity contribution in [1.82, 2.24) is 35.7 Å². The molecule has 3 heterocycles. The Labute approximate surface area is 363 Å². The highest BCUT2D eigenvalue weighted by Gasteiger charge is 2.41. The van der Waals surface area contributed by atoms with E-state index in [9.17, 15) is 14.4 Å². The second-order valence-electron chi connectivity index (χ2n) is 16.8. The molecule has 1 saturated carbocycles. The lowest BCUT2D eigenvalue weighted by Gasteiger charge is -2.26. The number of imidazole rings is 1. The molecule has 1 aromatic carbocycles. The van der Waals surface area contributed by atoms with Gasteiger partial charge in [0.05, 0.1) is 37.1 Å². The number of rotatable bonds is 14.